The summed E-state index contributed by atoms with van der Waals surface area (Å²) in [7, 11) is 0. The molecule has 2 aliphatic rings. The van der Waals surface area contributed by atoms with Crippen LogP contribution in [0.1, 0.15) is 24.5 Å². The van der Waals surface area contributed by atoms with Gasteiger partial charge in [0.15, 0.2) is 0 Å². The van der Waals surface area contributed by atoms with Gasteiger partial charge >= 0.3 is 0 Å². The number of fused-ring (bicyclic) bond motifs is 1. The molecule has 2 atom stereocenters. The number of carbonyl (C=O) groups excluding carboxylic acids is 2. The zero-order chi connectivity index (χ0) is 14.3. The van der Waals surface area contributed by atoms with E-state index in [1.54, 1.807) is 12.1 Å². The molecule has 1 N–H and O–H groups in total. The third-order valence-corrected chi connectivity index (χ3v) is 3.88. The minimum Gasteiger partial charge on any atom is -0.384 e. The van der Waals surface area contributed by atoms with Gasteiger partial charge in [-0.25, -0.2) is 4.90 Å². The molecule has 1 saturated carbocycles. The monoisotopic (exact) mass is 269 g/mol. The van der Waals surface area contributed by atoms with Crippen LogP contribution >= 0.6 is 0 Å². The number of piperidine rings is 1. The lowest BCUT2D eigenvalue weighted by Gasteiger charge is -2.19. The summed E-state index contributed by atoms with van der Waals surface area (Å²) >= 11 is 0. The maximum absolute atomic E-state index is 12.1. The minimum absolute atomic E-state index is 0.0658. The average Bonchev–Trinajstić information content (AvgIpc) is 3.21. The third-order valence-electron chi connectivity index (χ3n) is 3.88. The van der Waals surface area contributed by atoms with Crippen LogP contribution < -0.4 is 4.90 Å². The Balaban J connectivity index is 1.97. The van der Waals surface area contributed by atoms with Crippen LogP contribution in [0.3, 0.4) is 0 Å². The number of hydrogen-bond acceptors (Lipinski definition) is 3. The van der Waals surface area contributed by atoms with E-state index in [9.17, 15) is 9.59 Å². The van der Waals surface area contributed by atoms with Crippen LogP contribution in [0.15, 0.2) is 18.2 Å². The molecule has 1 aliphatic carbocycles. The molecule has 4 heteroatoms. The van der Waals surface area contributed by atoms with Crippen molar-refractivity contribution in [3.8, 4) is 11.8 Å². The molecule has 2 fully saturated rings. The molecule has 2 unspecified atom stereocenters. The number of hydrogen-bond donors (Lipinski definition) is 1. The summed E-state index contributed by atoms with van der Waals surface area (Å²) < 4.78 is 0. The van der Waals surface area contributed by atoms with Crippen LogP contribution in [-0.2, 0) is 16.0 Å². The molecule has 1 heterocycles. The Hall–Kier alpha value is -2.12. The van der Waals surface area contributed by atoms with Gasteiger partial charge < -0.3 is 5.11 Å². The molecule has 0 aromatic heterocycles. The van der Waals surface area contributed by atoms with E-state index in [0.29, 0.717) is 5.69 Å². The largest absolute Gasteiger partial charge is 0.384 e. The maximum Gasteiger partial charge on any atom is 0.237 e. The molecule has 4 nitrogen and oxygen atoms in total. The van der Waals surface area contributed by atoms with Crippen molar-refractivity contribution >= 4 is 17.5 Å². The van der Waals surface area contributed by atoms with Crippen molar-refractivity contribution in [2.24, 2.45) is 11.8 Å². The summed E-state index contributed by atoms with van der Waals surface area (Å²) in [4.78, 5) is 25.6. The molecule has 1 aliphatic heterocycles. The Kier molecular flexibility index (Phi) is 3.07. The average molecular weight is 269 g/mol. The van der Waals surface area contributed by atoms with Gasteiger partial charge in [-0.1, -0.05) is 18.8 Å². The number of aryl methyl sites for hydroxylation is 1. The first-order chi connectivity index (χ1) is 9.67. The molecule has 102 valence electrons. The molecule has 20 heavy (non-hydrogen) atoms. The van der Waals surface area contributed by atoms with Crippen LogP contribution in [-0.4, -0.2) is 23.5 Å². The number of carbonyl (C=O) groups is 2. The highest BCUT2D eigenvalue weighted by Crippen LogP contribution is 2.48. The molecule has 1 aromatic rings. The van der Waals surface area contributed by atoms with Gasteiger partial charge in [0.25, 0.3) is 0 Å². The van der Waals surface area contributed by atoms with E-state index in [0.717, 1.165) is 24.0 Å². The van der Waals surface area contributed by atoms with Crippen molar-refractivity contribution in [3.05, 3.63) is 29.3 Å². The number of aliphatic hydroxyl groups excluding tert-OH is 1. The topological polar surface area (TPSA) is 57.6 Å². The van der Waals surface area contributed by atoms with E-state index in [2.05, 4.69) is 11.8 Å². The highest BCUT2D eigenvalue weighted by molar-refractivity contribution is 6.25. The van der Waals surface area contributed by atoms with E-state index >= 15 is 0 Å². The fraction of sp³-hybridized carbons (Fsp3) is 0.375. The van der Waals surface area contributed by atoms with Gasteiger partial charge in [0.2, 0.25) is 11.8 Å². The Morgan fingerprint density at radius 2 is 2.00 bits per heavy atom. The van der Waals surface area contributed by atoms with Gasteiger partial charge in [-0.15, -0.1) is 0 Å². The summed E-state index contributed by atoms with van der Waals surface area (Å²) in [6.07, 6.45) is 1.44. The zero-order valence-electron chi connectivity index (χ0n) is 11.2. The van der Waals surface area contributed by atoms with Gasteiger partial charge in [0, 0.05) is 5.56 Å². The molecular weight excluding hydrogens is 254 g/mol. The lowest BCUT2D eigenvalue weighted by Crippen LogP contribution is -2.33. The van der Waals surface area contributed by atoms with Gasteiger partial charge in [0.1, 0.15) is 6.61 Å². The fourth-order valence-corrected chi connectivity index (χ4v) is 2.72. The second-order valence-electron chi connectivity index (χ2n) is 5.12. The zero-order valence-corrected chi connectivity index (χ0v) is 11.2. The number of anilines is 1. The smallest absolute Gasteiger partial charge is 0.237 e. The van der Waals surface area contributed by atoms with Crippen LogP contribution in [0.2, 0.25) is 0 Å². The van der Waals surface area contributed by atoms with E-state index in [-0.39, 0.29) is 30.3 Å². The highest BCUT2D eigenvalue weighted by Gasteiger charge is 2.59. The molecule has 2 amide bonds. The molecule has 0 bridgehead atoms. The van der Waals surface area contributed by atoms with Gasteiger partial charge in [0.05, 0.1) is 17.5 Å². The maximum atomic E-state index is 12.1. The Morgan fingerprint density at radius 3 is 2.60 bits per heavy atom. The number of imide groups is 1. The summed E-state index contributed by atoms with van der Waals surface area (Å²) in [6, 6.07) is 5.44. The summed E-state index contributed by atoms with van der Waals surface area (Å²) in [5.41, 5.74) is 2.39. The van der Waals surface area contributed by atoms with Crippen molar-refractivity contribution < 1.29 is 14.7 Å². The van der Waals surface area contributed by atoms with E-state index in [4.69, 9.17) is 5.11 Å². The predicted molar refractivity (Wildman–Crippen MR) is 73.9 cm³/mol. The van der Waals surface area contributed by atoms with Gasteiger partial charge in [-0.3, -0.25) is 9.59 Å². The Labute approximate surface area is 117 Å². The molecule has 0 radical (unpaired) electrons. The summed E-state index contributed by atoms with van der Waals surface area (Å²) in [5.74, 6) is 5.14. The summed E-state index contributed by atoms with van der Waals surface area (Å²) in [5, 5.41) is 8.71. The highest BCUT2D eigenvalue weighted by atomic mass is 16.2. The summed E-state index contributed by atoms with van der Waals surface area (Å²) in [6.45, 7) is 1.80. The molecule has 1 saturated heterocycles. The normalized spacial score (nSPS) is 23.4. The lowest BCUT2D eigenvalue weighted by atomic mass is 10.1. The quantitative estimate of drug-likeness (QED) is 0.646. The number of benzene rings is 1. The molecule has 1 aromatic carbocycles. The number of nitrogens with zero attached hydrogens (tertiary/aromatic N) is 1. The van der Waals surface area contributed by atoms with Crippen molar-refractivity contribution in [2.75, 3.05) is 11.5 Å². The third kappa shape index (κ3) is 1.91. The molecule has 0 spiro atoms. The van der Waals surface area contributed by atoms with E-state index in [1.165, 1.54) is 4.90 Å². The van der Waals surface area contributed by atoms with Crippen LogP contribution in [0, 0.1) is 23.7 Å². The Morgan fingerprint density at radius 1 is 1.30 bits per heavy atom. The fourth-order valence-electron chi connectivity index (χ4n) is 2.72. The number of amides is 2. The van der Waals surface area contributed by atoms with Crippen LogP contribution in [0.4, 0.5) is 5.69 Å². The Bertz CT molecular complexity index is 633. The second-order valence-corrected chi connectivity index (χ2v) is 5.12. The van der Waals surface area contributed by atoms with Gasteiger partial charge in [-0.2, -0.15) is 0 Å². The number of aliphatic hydroxyl groups is 1. The SMILES string of the molecule is CCc1cc(C#CCO)ccc1N1C(=O)C2CC2C1=O. The van der Waals surface area contributed by atoms with E-state index < -0.39 is 0 Å². The first-order valence-electron chi connectivity index (χ1n) is 6.77. The number of rotatable bonds is 2. The first kappa shape index (κ1) is 12.9. The minimum atomic E-state index is -0.185. The van der Waals surface area contributed by atoms with E-state index in [1.807, 2.05) is 13.0 Å². The first-order valence-corrected chi connectivity index (χ1v) is 6.77. The standard InChI is InChI=1S/C16H15NO3/c1-2-11-8-10(4-3-7-18)5-6-14(11)17-15(19)12-9-13(12)16(17)20/h5-6,8,12-13,18H,2,7,9H2,1H3. The van der Waals surface area contributed by atoms with Crippen molar-refractivity contribution in [1.29, 1.82) is 0 Å². The van der Waals surface area contributed by atoms with Crippen LogP contribution in [0.25, 0.3) is 0 Å². The second kappa shape index (κ2) is 4.77. The lowest BCUT2D eigenvalue weighted by molar-refractivity contribution is -0.123. The van der Waals surface area contributed by atoms with Gasteiger partial charge in [-0.05, 0) is 36.6 Å². The predicted octanol–water partition coefficient (Wildman–Crippen LogP) is 1.10. The van der Waals surface area contributed by atoms with Crippen molar-refractivity contribution in [1.82, 2.24) is 0 Å². The van der Waals surface area contributed by atoms with Crippen LogP contribution in [0.5, 0.6) is 0 Å². The van der Waals surface area contributed by atoms with Crippen molar-refractivity contribution in [2.45, 2.75) is 19.8 Å². The van der Waals surface area contributed by atoms with Crippen molar-refractivity contribution in [3.63, 3.8) is 0 Å². The molecular formula is C16H15NO3. The molecule has 3 rings (SSSR count).